The molecule has 1 amide bonds. The van der Waals surface area contributed by atoms with Crippen LogP contribution in [0.1, 0.15) is 26.2 Å². The average Bonchev–Trinajstić information content (AvgIpc) is 1.63. The summed E-state index contributed by atoms with van der Waals surface area (Å²) in [7, 11) is 0. The maximum Gasteiger partial charge on any atom is 0.217 e. The number of primary amides is 1. The maximum absolute atomic E-state index is 10.2. The van der Waals surface area contributed by atoms with Crippen molar-refractivity contribution in [3.63, 3.8) is 0 Å². The minimum absolute atomic E-state index is 0.157. The van der Waals surface area contributed by atoms with E-state index >= 15 is 0 Å². The minimum Gasteiger partial charge on any atom is -0.370 e. The molecule has 1 unspecified atom stereocenters. The summed E-state index contributed by atoms with van der Waals surface area (Å²) in [4.78, 5) is 10.2. The minimum atomic E-state index is -0.243. The molecule has 1 atom stereocenters. The van der Waals surface area contributed by atoms with Crippen LogP contribution in [0.25, 0.3) is 0 Å². The molecule has 0 bridgehead atoms. The summed E-state index contributed by atoms with van der Waals surface area (Å²) in [5.41, 5.74) is 4.90. The van der Waals surface area contributed by atoms with Crippen molar-refractivity contribution in [1.29, 1.82) is 0 Å². The van der Waals surface area contributed by atoms with Gasteiger partial charge in [0.1, 0.15) is 0 Å². The van der Waals surface area contributed by atoms with E-state index in [-0.39, 0.29) is 11.3 Å². The van der Waals surface area contributed by atoms with Crippen molar-refractivity contribution in [2.45, 2.75) is 31.6 Å². The smallest absolute Gasteiger partial charge is 0.217 e. The molecule has 0 rings (SSSR count). The van der Waals surface area contributed by atoms with Gasteiger partial charge in [-0.1, -0.05) is 0 Å². The van der Waals surface area contributed by atoms with Gasteiger partial charge in [-0.25, -0.2) is 0 Å². The van der Waals surface area contributed by atoms with Gasteiger partial charge in [-0.2, -0.15) is 0 Å². The van der Waals surface area contributed by atoms with Gasteiger partial charge in [-0.05, 0) is 19.8 Å². The van der Waals surface area contributed by atoms with E-state index in [1.165, 1.54) is 0 Å². The second kappa shape index (κ2) is 4.62. The molecular formula is C6H12ClNO. The maximum atomic E-state index is 10.2. The number of hydrogen-bond donors (Lipinski definition) is 1. The molecule has 54 valence electrons. The Kier molecular flexibility index (Phi) is 4.50. The van der Waals surface area contributed by atoms with Gasteiger partial charge < -0.3 is 5.73 Å². The van der Waals surface area contributed by atoms with E-state index in [1.54, 1.807) is 0 Å². The first-order valence-corrected chi connectivity index (χ1v) is 3.49. The van der Waals surface area contributed by atoms with Gasteiger partial charge in [-0.3, -0.25) is 4.79 Å². The molecule has 0 heterocycles. The van der Waals surface area contributed by atoms with Crippen LogP contribution in [0.4, 0.5) is 0 Å². The monoisotopic (exact) mass is 149 g/mol. The first-order valence-electron chi connectivity index (χ1n) is 3.05. The van der Waals surface area contributed by atoms with Crippen LogP contribution in [-0.2, 0) is 4.79 Å². The molecule has 0 aromatic carbocycles. The molecule has 9 heavy (non-hydrogen) atoms. The fraction of sp³-hybridized carbons (Fsp3) is 0.833. The predicted molar refractivity (Wildman–Crippen MR) is 38.4 cm³/mol. The first kappa shape index (κ1) is 8.76. The molecule has 0 fully saturated rings. The molecule has 0 aromatic rings. The Morgan fingerprint density at radius 2 is 2.33 bits per heavy atom. The Bertz CT molecular complexity index is 93.1. The summed E-state index contributed by atoms with van der Waals surface area (Å²) < 4.78 is 0. The van der Waals surface area contributed by atoms with Crippen LogP contribution in [0.5, 0.6) is 0 Å². The number of alkyl halides is 1. The van der Waals surface area contributed by atoms with Crippen LogP contribution in [-0.4, -0.2) is 11.3 Å². The lowest BCUT2D eigenvalue weighted by Gasteiger charge is -1.98. The van der Waals surface area contributed by atoms with E-state index in [0.29, 0.717) is 6.42 Å². The fourth-order valence-electron chi connectivity index (χ4n) is 0.558. The molecular weight excluding hydrogens is 138 g/mol. The molecule has 0 aromatic heterocycles. The van der Waals surface area contributed by atoms with Gasteiger partial charge in [-0.15, -0.1) is 11.6 Å². The highest BCUT2D eigenvalue weighted by molar-refractivity contribution is 6.20. The van der Waals surface area contributed by atoms with Gasteiger partial charge in [0.2, 0.25) is 5.91 Å². The third kappa shape index (κ3) is 7.76. The Balaban J connectivity index is 3.01. The summed E-state index contributed by atoms with van der Waals surface area (Å²) in [5, 5.41) is 0.157. The lowest BCUT2D eigenvalue weighted by molar-refractivity contribution is -0.118. The van der Waals surface area contributed by atoms with Crippen molar-refractivity contribution in [3.8, 4) is 0 Å². The standard InChI is InChI=1S/C6H12ClNO/c1-5(7)3-2-4-6(8)9/h5H,2-4H2,1H3,(H2,8,9). The fourth-order valence-corrected chi connectivity index (χ4v) is 0.712. The highest BCUT2D eigenvalue weighted by Crippen LogP contribution is 2.04. The zero-order valence-corrected chi connectivity index (χ0v) is 6.32. The molecule has 0 aliphatic heterocycles. The molecule has 0 saturated heterocycles. The van der Waals surface area contributed by atoms with Gasteiger partial charge >= 0.3 is 0 Å². The Morgan fingerprint density at radius 1 is 1.78 bits per heavy atom. The van der Waals surface area contributed by atoms with Crippen LogP contribution < -0.4 is 5.73 Å². The van der Waals surface area contributed by atoms with Crippen molar-refractivity contribution < 1.29 is 4.79 Å². The lowest BCUT2D eigenvalue weighted by Crippen LogP contribution is -2.10. The van der Waals surface area contributed by atoms with Crippen molar-refractivity contribution >= 4 is 17.5 Å². The number of amides is 1. The summed E-state index contributed by atoms with van der Waals surface area (Å²) >= 11 is 5.61. The number of carbonyl (C=O) groups excluding carboxylic acids is 1. The molecule has 2 nitrogen and oxygen atoms in total. The Hall–Kier alpha value is -0.240. The van der Waals surface area contributed by atoms with E-state index in [9.17, 15) is 4.79 Å². The van der Waals surface area contributed by atoms with Gasteiger partial charge in [0.15, 0.2) is 0 Å². The van der Waals surface area contributed by atoms with Gasteiger partial charge in [0.25, 0.3) is 0 Å². The number of carbonyl (C=O) groups is 1. The predicted octanol–water partition coefficient (Wildman–Crippen LogP) is 1.27. The van der Waals surface area contributed by atoms with Crippen LogP contribution in [0.15, 0.2) is 0 Å². The highest BCUT2D eigenvalue weighted by atomic mass is 35.5. The van der Waals surface area contributed by atoms with Crippen LogP contribution in [0.3, 0.4) is 0 Å². The molecule has 0 aliphatic rings. The molecule has 0 radical (unpaired) electrons. The van der Waals surface area contributed by atoms with Crippen LogP contribution in [0.2, 0.25) is 0 Å². The van der Waals surface area contributed by atoms with E-state index in [1.807, 2.05) is 6.92 Å². The normalized spacial score (nSPS) is 13.1. The van der Waals surface area contributed by atoms with E-state index < -0.39 is 0 Å². The van der Waals surface area contributed by atoms with E-state index in [4.69, 9.17) is 17.3 Å². The van der Waals surface area contributed by atoms with E-state index in [2.05, 4.69) is 0 Å². The number of hydrogen-bond acceptors (Lipinski definition) is 1. The number of rotatable bonds is 4. The molecule has 2 N–H and O–H groups in total. The van der Waals surface area contributed by atoms with Crippen molar-refractivity contribution in [2.75, 3.05) is 0 Å². The number of halogens is 1. The van der Waals surface area contributed by atoms with E-state index in [0.717, 1.165) is 12.8 Å². The molecule has 3 heteroatoms. The summed E-state index contributed by atoms with van der Waals surface area (Å²) in [6, 6.07) is 0. The third-order valence-electron chi connectivity index (χ3n) is 1.03. The quantitative estimate of drug-likeness (QED) is 0.601. The zero-order chi connectivity index (χ0) is 7.28. The topological polar surface area (TPSA) is 43.1 Å². The summed E-state index contributed by atoms with van der Waals surface area (Å²) in [6.45, 7) is 1.91. The summed E-state index contributed by atoms with van der Waals surface area (Å²) in [6.07, 6.45) is 2.13. The van der Waals surface area contributed by atoms with Crippen molar-refractivity contribution in [3.05, 3.63) is 0 Å². The summed E-state index contributed by atoms with van der Waals surface area (Å²) in [5.74, 6) is -0.243. The molecule has 0 spiro atoms. The van der Waals surface area contributed by atoms with Crippen LogP contribution >= 0.6 is 11.6 Å². The van der Waals surface area contributed by atoms with Crippen molar-refractivity contribution in [2.24, 2.45) is 5.73 Å². The molecule has 0 saturated carbocycles. The van der Waals surface area contributed by atoms with Crippen LogP contribution in [0, 0.1) is 0 Å². The Morgan fingerprint density at radius 3 is 2.67 bits per heavy atom. The second-order valence-corrected chi connectivity index (χ2v) is 2.88. The molecule has 0 aliphatic carbocycles. The van der Waals surface area contributed by atoms with Crippen molar-refractivity contribution in [1.82, 2.24) is 0 Å². The van der Waals surface area contributed by atoms with Gasteiger partial charge in [0, 0.05) is 11.8 Å². The zero-order valence-electron chi connectivity index (χ0n) is 5.56. The van der Waals surface area contributed by atoms with Gasteiger partial charge in [0.05, 0.1) is 0 Å². The second-order valence-electron chi connectivity index (χ2n) is 2.14. The number of nitrogens with two attached hydrogens (primary N) is 1. The SMILES string of the molecule is CC(Cl)CCCC(N)=O. The largest absolute Gasteiger partial charge is 0.370 e. The average molecular weight is 150 g/mol. The third-order valence-corrected chi connectivity index (χ3v) is 1.24. The Labute approximate surface area is 60.4 Å². The highest BCUT2D eigenvalue weighted by Gasteiger charge is 1.97. The first-order chi connectivity index (χ1) is 4.13. The lowest BCUT2D eigenvalue weighted by atomic mass is 10.2.